The van der Waals surface area contributed by atoms with Gasteiger partial charge in [-0.15, -0.1) is 0 Å². The fraction of sp³-hybridized carbons (Fsp3) is 0.143. The molecule has 0 bridgehead atoms. The van der Waals surface area contributed by atoms with Gasteiger partial charge in [-0.25, -0.2) is 0 Å². The van der Waals surface area contributed by atoms with Crippen LogP contribution in [0.1, 0.15) is 13.8 Å². The quantitative estimate of drug-likeness (QED) is 0.602. The topological polar surface area (TPSA) is 52.6 Å². The van der Waals surface area contributed by atoms with E-state index in [2.05, 4.69) is 0 Å². The van der Waals surface area contributed by atoms with Crippen molar-refractivity contribution >= 4 is 22.7 Å². The van der Waals surface area contributed by atoms with Gasteiger partial charge in [-0.1, -0.05) is 12.1 Å². The molecule has 0 unspecified atom stereocenters. The summed E-state index contributed by atoms with van der Waals surface area (Å²) in [5.74, 6) is 0.224. The van der Waals surface area contributed by atoms with Gasteiger partial charge in [-0.2, -0.15) is 0 Å². The average molecular weight is 244 g/mol. The Labute approximate surface area is 104 Å². The molecular weight excluding hydrogens is 232 g/mol. The van der Waals surface area contributed by atoms with Crippen LogP contribution in [0.2, 0.25) is 0 Å². The second-order valence-electron chi connectivity index (χ2n) is 3.83. The smallest absolute Gasteiger partial charge is 0.308 e. The Hall–Kier alpha value is -2.36. The first-order valence-electron chi connectivity index (χ1n) is 5.46. The molecule has 2 rings (SSSR count). The van der Waals surface area contributed by atoms with E-state index in [1.807, 2.05) is 6.07 Å². The first-order chi connectivity index (χ1) is 8.56. The van der Waals surface area contributed by atoms with Crippen LogP contribution in [0.15, 0.2) is 36.4 Å². The minimum absolute atomic E-state index is 0.369. The van der Waals surface area contributed by atoms with Crippen molar-refractivity contribution in [2.75, 3.05) is 0 Å². The van der Waals surface area contributed by atoms with Crippen LogP contribution >= 0.6 is 0 Å². The fourth-order valence-electron chi connectivity index (χ4n) is 1.71. The molecule has 0 spiro atoms. The maximum atomic E-state index is 11.0. The molecule has 0 atom stereocenters. The summed E-state index contributed by atoms with van der Waals surface area (Å²) >= 11 is 0. The summed E-state index contributed by atoms with van der Waals surface area (Å²) in [7, 11) is 0. The van der Waals surface area contributed by atoms with Crippen LogP contribution < -0.4 is 9.47 Å². The van der Waals surface area contributed by atoms with Gasteiger partial charge in [-0.05, 0) is 29.7 Å². The van der Waals surface area contributed by atoms with Crippen molar-refractivity contribution in [2.45, 2.75) is 13.8 Å². The van der Waals surface area contributed by atoms with Crippen LogP contribution in [0.5, 0.6) is 11.5 Å². The minimum Gasteiger partial charge on any atom is -0.427 e. The first-order valence-corrected chi connectivity index (χ1v) is 5.46. The lowest BCUT2D eigenvalue weighted by atomic mass is 10.1. The fourth-order valence-corrected chi connectivity index (χ4v) is 1.71. The molecule has 2 aromatic carbocycles. The Bertz CT molecular complexity index is 616. The van der Waals surface area contributed by atoms with Crippen molar-refractivity contribution < 1.29 is 19.1 Å². The number of carbonyl (C=O) groups is 2. The summed E-state index contributed by atoms with van der Waals surface area (Å²) in [6.45, 7) is 2.70. The molecule has 2 aromatic rings. The van der Waals surface area contributed by atoms with E-state index in [1.165, 1.54) is 13.8 Å². The summed E-state index contributed by atoms with van der Waals surface area (Å²) < 4.78 is 10.1. The third kappa shape index (κ3) is 2.66. The Morgan fingerprint density at radius 3 is 2.33 bits per heavy atom. The van der Waals surface area contributed by atoms with Gasteiger partial charge in [0.1, 0.15) is 11.5 Å². The van der Waals surface area contributed by atoms with Gasteiger partial charge in [0.15, 0.2) is 0 Å². The number of fused-ring (bicyclic) bond motifs is 1. The van der Waals surface area contributed by atoms with Gasteiger partial charge >= 0.3 is 11.9 Å². The molecule has 4 nitrogen and oxygen atoms in total. The van der Waals surface area contributed by atoms with E-state index in [9.17, 15) is 9.59 Å². The molecule has 0 N–H and O–H groups in total. The molecule has 0 aliphatic heterocycles. The standard InChI is InChI=1S/C14H12O4/c1-9(15)17-12-6-7-13-11(8-12)4-3-5-14(13)18-10(2)16/h3-8H,1-2H3. The summed E-state index contributed by atoms with van der Waals surface area (Å²) in [4.78, 5) is 21.8. The Kier molecular flexibility index (Phi) is 3.28. The zero-order chi connectivity index (χ0) is 13.1. The predicted molar refractivity (Wildman–Crippen MR) is 66.6 cm³/mol. The van der Waals surface area contributed by atoms with Gasteiger partial charge in [-0.3, -0.25) is 9.59 Å². The maximum Gasteiger partial charge on any atom is 0.308 e. The molecule has 0 amide bonds. The van der Waals surface area contributed by atoms with E-state index in [0.717, 1.165) is 10.8 Å². The molecule has 0 aromatic heterocycles. The zero-order valence-electron chi connectivity index (χ0n) is 10.1. The molecule has 0 radical (unpaired) electrons. The number of hydrogen-bond acceptors (Lipinski definition) is 4. The Balaban J connectivity index is 2.46. The van der Waals surface area contributed by atoms with Gasteiger partial charge in [0.05, 0.1) is 0 Å². The Morgan fingerprint density at radius 1 is 0.944 bits per heavy atom. The van der Waals surface area contributed by atoms with E-state index < -0.39 is 0 Å². The highest BCUT2D eigenvalue weighted by atomic mass is 16.5. The second kappa shape index (κ2) is 4.87. The van der Waals surface area contributed by atoms with Crippen LogP contribution in [-0.2, 0) is 9.59 Å². The summed E-state index contributed by atoms with van der Waals surface area (Å²) in [6.07, 6.45) is 0. The van der Waals surface area contributed by atoms with Crippen LogP contribution in [-0.4, -0.2) is 11.9 Å². The minimum atomic E-state index is -0.370. The van der Waals surface area contributed by atoms with Crippen molar-refractivity contribution in [1.29, 1.82) is 0 Å². The van der Waals surface area contributed by atoms with E-state index in [4.69, 9.17) is 9.47 Å². The summed E-state index contributed by atoms with van der Waals surface area (Å²) in [6, 6.07) is 10.5. The van der Waals surface area contributed by atoms with Crippen LogP contribution in [0.25, 0.3) is 10.8 Å². The molecular formula is C14H12O4. The SMILES string of the molecule is CC(=O)Oc1ccc2c(OC(C)=O)cccc2c1. The van der Waals surface area contributed by atoms with E-state index in [0.29, 0.717) is 11.5 Å². The molecule has 0 saturated heterocycles. The number of ether oxygens (including phenoxy) is 2. The molecule has 0 heterocycles. The van der Waals surface area contributed by atoms with Crippen molar-refractivity contribution in [3.63, 3.8) is 0 Å². The Morgan fingerprint density at radius 2 is 1.67 bits per heavy atom. The molecule has 92 valence electrons. The first kappa shape index (κ1) is 12.1. The van der Waals surface area contributed by atoms with E-state index >= 15 is 0 Å². The van der Waals surface area contributed by atoms with Crippen LogP contribution in [0.3, 0.4) is 0 Å². The van der Waals surface area contributed by atoms with Crippen molar-refractivity contribution in [3.8, 4) is 11.5 Å². The highest BCUT2D eigenvalue weighted by molar-refractivity contribution is 5.91. The monoisotopic (exact) mass is 244 g/mol. The highest BCUT2D eigenvalue weighted by Gasteiger charge is 2.06. The van der Waals surface area contributed by atoms with Crippen LogP contribution in [0, 0.1) is 0 Å². The number of carbonyl (C=O) groups excluding carboxylic acids is 2. The van der Waals surface area contributed by atoms with Gasteiger partial charge in [0.25, 0.3) is 0 Å². The second-order valence-corrected chi connectivity index (χ2v) is 3.83. The lowest BCUT2D eigenvalue weighted by Gasteiger charge is -2.07. The van der Waals surface area contributed by atoms with Gasteiger partial charge in [0.2, 0.25) is 0 Å². The lowest BCUT2D eigenvalue weighted by Crippen LogP contribution is -2.02. The summed E-state index contributed by atoms with van der Waals surface area (Å²) in [5, 5.41) is 1.64. The molecule has 0 saturated carbocycles. The largest absolute Gasteiger partial charge is 0.427 e. The van der Waals surface area contributed by atoms with Crippen LogP contribution in [0.4, 0.5) is 0 Å². The molecule has 4 heteroatoms. The lowest BCUT2D eigenvalue weighted by molar-refractivity contribution is -0.132. The summed E-state index contributed by atoms with van der Waals surface area (Å²) in [5.41, 5.74) is 0. The third-order valence-corrected chi connectivity index (χ3v) is 2.33. The molecule has 18 heavy (non-hydrogen) atoms. The molecule has 0 fully saturated rings. The molecule has 0 aliphatic carbocycles. The van der Waals surface area contributed by atoms with Crippen molar-refractivity contribution in [2.24, 2.45) is 0 Å². The van der Waals surface area contributed by atoms with E-state index in [-0.39, 0.29) is 11.9 Å². The number of rotatable bonds is 2. The van der Waals surface area contributed by atoms with Gasteiger partial charge in [0, 0.05) is 19.2 Å². The zero-order valence-corrected chi connectivity index (χ0v) is 10.1. The predicted octanol–water partition coefficient (Wildman–Crippen LogP) is 2.69. The normalized spacial score (nSPS) is 10.1. The number of benzene rings is 2. The molecule has 0 aliphatic rings. The average Bonchev–Trinajstić information content (AvgIpc) is 2.27. The van der Waals surface area contributed by atoms with E-state index in [1.54, 1.807) is 30.3 Å². The van der Waals surface area contributed by atoms with Crippen molar-refractivity contribution in [1.82, 2.24) is 0 Å². The van der Waals surface area contributed by atoms with Crippen molar-refractivity contribution in [3.05, 3.63) is 36.4 Å². The third-order valence-electron chi connectivity index (χ3n) is 2.33. The maximum absolute atomic E-state index is 11.0. The number of hydrogen-bond donors (Lipinski definition) is 0. The highest BCUT2D eigenvalue weighted by Crippen LogP contribution is 2.28. The van der Waals surface area contributed by atoms with Gasteiger partial charge < -0.3 is 9.47 Å². The number of esters is 2.